The first-order valence-corrected chi connectivity index (χ1v) is 18.2. The Morgan fingerprint density at radius 1 is 0.357 bits per heavy atom. The summed E-state index contributed by atoms with van der Waals surface area (Å²) in [5, 5.41) is 0. The number of hydrogen-bond donors (Lipinski definition) is 2. The predicted octanol–water partition coefficient (Wildman–Crippen LogP) is 10.7. The number of rotatable bonds is 32. The normalized spacial score (nSPS) is 11.2. The van der Waals surface area contributed by atoms with Gasteiger partial charge in [-0.25, -0.2) is 0 Å². The summed E-state index contributed by atoms with van der Waals surface area (Å²) >= 11 is 0. The number of nitrogens with two attached hydrogens (primary N) is 2. The van der Waals surface area contributed by atoms with Crippen molar-refractivity contribution in [3.8, 4) is 0 Å². The van der Waals surface area contributed by atoms with Gasteiger partial charge in [0.2, 0.25) is 11.8 Å². The van der Waals surface area contributed by atoms with Gasteiger partial charge < -0.3 is 11.5 Å². The molecular weight excluding hydrogens is 516 g/mol. The van der Waals surface area contributed by atoms with Crippen LogP contribution in [0.15, 0.2) is 24.3 Å². The summed E-state index contributed by atoms with van der Waals surface area (Å²) in [6.45, 7) is 0. The largest absolute Gasteiger partial charge is 0.370 e. The molecule has 0 fully saturated rings. The van der Waals surface area contributed by atoms with Crippen LogP contribution in [0.4, 0.5) is 0 Å². The van der Waals surface area contributed by atoms with Gasteiger partial charge in [-0.15, -0.1) is 0 Å². The van der Waals surface area contributed by atoms with Crippen molar-refractivity contribution >= 4 is 11.8 Å². The first-order valence-electron chi connectivity index (χ1n) is 18.2. The van der Waals surface area contributed by atoms with Crippen molar-refractivity contribution < 1.29 is 9.59 Å². The third kappa shape index (κ3) is 25.8. The number of unbranched alkanes of at least 4 members (excludes halogenated alkanes) is 24. The molecule has 0 saturated carbocycles. The Bertz CT molecular complexity index is 700. The number of primary amides is 2. The molecule has 42 heavy (non-hydrogen) atoms. The van der Waals surface area contributed by atoms with Gasteiger partial charge in [0.1, 0.15) is 0 Å². The monoisotopic (exact) mass is 585 g/mol. The molecule has 0 unspecified atom stereocenters. The second-order valence-corrected chi connectivity index (χ2v) is 12.9. The molecule has 0 radical (unpaired) electrons. The number of carbonyl (C=O) groups is 2. The number of aryl methyl sites for hydroxylation is 2. The molecule has 0 bridgehead atoms. The first kappa shape index (κ1) is 38.2. The Morgan fingerprint density at radius 3 is 0.810 bits per heavy atom. The summed E-state index contributed by atoms with van der Waals surface area (Å²) in [4.78, 5) is 21.5. The van der Waals surface area contributed by atoms with Gasteiger partial charge in [0, 0.05) is 12.8 Å². The van der Waals surface area contributed by atoms with E-state index in [-0.39, 0.29) is 11.8 Å². The molecule has 0 spiro atoms. The molecule has 0 aliphatic carbocycles. The van der Waals surface area contributed by atoms with Crippen LogP contribution in [0, 0.1) is 0 Å². The predicted molar refractivity (Wildman–Crippen MR) is 182 cm³/mol. The van der Waals surface area contributed by atoms with E-state index in [1.807, 2.05) is 0 Å². The van der Waals surface area contributed by atoms with E-state index >= 15 is 0 Å². The maximum Gasteiger partial charge on any atom is 0.217 e. The van der Waals surface area contributed by atoms with Crippen molar-refractivity contribution in [2.45, 2.75) is 193 Å². The van der Waals surface area contributed by atoms with Crippen molar-refractivity contribution in [1.29, 1.82) is 0 Å². The van der Waals surface area contributed by atoms with E-state index in [9.17, 15) is 9.59 Å². The van der Waals surface area contributed by atoms with Crippen molar-refractivity contribution in [2.24, 2.45) is 11.5 Å². The highest BCUT2D eigenvalue weighted by Gasteiger charge is 2.03. The van der Waals surface area contributed by atoms with Crippen LogP contribution in [0.5, 0.6) is 0 Å². The van der Waals surface area contributed by atoms with Gasteiger partial charge in [-0.2, -0.15) is 0 Å². The van der Waals surface area contributed by atoms with Gasteiger partial charge in [0.25, 0.3) is 0 Å². The molecule has 4 N–H and O–H groups in total. The highest BCUT2D eigenvalue weighted by Crippen LogP contribution is 2.19. The average molecular weight is 585 g/mol. The molecule has 1 aromatic carbocycles. The fourth-order valence-electron chi connectivity index (χ4n) is 6.16. The Hall–Kier alpha value is -1.84. The molecule has 0 aliphatic heterocycles. The van der Waals surface area contributed by atoms with Crippen LogP contribution in [0.25, 0.3) is 0 Å². The minimum Gasteiger partial charge on any atom is -0.370 e. The highest BCUT2D eigenvalue weighted by atomic mass is 16.1. The summed E-state index contributed by atoms with van der Waals surface area (Å²) in [6.07, 6.45) is 37.8. The smallest absolute Gasteiger partial charge is 0.217 e. The molecule has 2 amide bonds. The van der Waals surface area contributed by atoms with Gasteiger partial charge in [-0.1, -0.05) is 166 Å². The third-order valence-electron chi connectivity index (χ3n) is 8.86. The lowest BCUT2D eigenvalue weighted by Crippen LogP contribution is -2.09. The Balaban J connectivity index is 1.90. The van der Waals surface area contributed by atoms with Crippen molar-refractivity contribution in [1.82, 2.24) is 0 Å². The molecule has 1 aromatic rings. The van der Waals surface area contributed by atoms with E-state index in [2.05, 4.69) is 24.3 Å². The Morgan fingerprint density at radius 2 is 0.571 bits per heavy atom. The summed E-state index contributed by atoms with van der Waals surface area (Å²) in [5.74, 6) is -0.317. The van der Waals surface area contributed by atoms with Gasteiger partial charge in [0.05, 0.1) is 0 Å². The van der Waals surface area contributed by atoms with Crippen LogP contribution < -0.4 is 11.5 Å². The first-order chi connectivity index (χ1) is 20.6. The number of carbonyl (C=O) groups excluding carboxylic acids is 2. The van der Waals surface area contributed by atoms with Gasteiger partial charge in [-0.3, -0.25) is 9.59 Å². The van der Waals surface area contributed by atoms with E-state index in [0.717, 1.165) is 25.7 Å². The summed E-state index contributed by atoms with van der Waals surface area (Å²) in [7, 11) is 0. The SMILES string of the molecule is NC(=O)CCCCCCCCCCCCCCCc1ccccc1CCCCCCCCCCCCCCCC(N)=O. The maximum absolute atomic E-state index is 10.7. The van der Waals surface area contributed by atoms with E-state index in [1.165, 1.54) is 154 Å². The lowest BCUT2D eigenvalue weighted by molar-refractivity contribution is -0.119. The molecule has 1 rings (SSSR count). The molecule has 0 heterocycles. The fourth-order valence-corrected chi connectivity index (χ4v) is 6.16. The van der Waals surface area contributed by atoms with Crippen LogP contribution in [-0.4, -0.2) is 11.8 Å². The molecule has 4 nitrogen and oxygen atoms in total. The van der Waals surface area contributed by atoms with Crippen molar-refractivity contribution in [2.75, 3.05) is 0 Å². The molecular formula is C38H68N2O2. The zero-order valence-electron chi connectivity index (χ0n) is 27.5. The molecule has 0 aromatic heterocycles. The number of amides is 2. The lowest BCUT2D eigenvalue weighted by Gasteiger charge is -2.10. The number of benzene rings is 1. The summed E-state index contributed by atoms with van der Waals surface area (Å²) < 4.78 is 0. The zero-order valence-corrected chi connectivity index (χ0v) is 27.5. The Kier molecular flexibility index (Phi) is 26.6. The Labute approximate surface area is 260 Å². The highest BCUT2D eigenvalue weighted by molar-refractivity contribution is 5.73. The molecule has 4 heteroatoms. The quantitative estimate of drug-likeness (QED) is 0.0825. The van der Waals surface area contributed by atoms with E-state index < -0.39 is 0 Å². The molecule has 242 valence electrons. The standard InChI is InChI=1S/C38H68N2O2/c39-37(41)33-25-21-17-13-9-5-1-3-7-11-15-19-23-29-35-31-27-28-32-36(35)30-24-20-16-12-8-4-2-6-10-14-18-22-26-34-38(40)42/h27-28,31-32H,1-26,29-30,33-34H2,(H2,39,41)(H2,40,42). The third-order valence-corrected chi connectivity index (χ3v) is 8.86. The van der Waals surface area contributed by atoms with E-state index in [4.69, 9.17) is 11.5 Å². The minimum absolute atomic E-state index is 0.159. The van der Waals surface area contributed by atoms with Crippen LogP contribution in [-0.2, 0) is 22.4 Å². The maximum atomic E-state index is 10.7. The minimum atomic E-state index is -0.159. The van der Waals surface area contributed by atoms with Crippen molar-refractivity contribution in [3.63, 3.8) is 0 Å². The van der Waals surface area contributed by atoms with Crippen LogP contribution in [0.3, 0.4) is 0 Å². The summed E-state index contributed by atoms with van der Waals surface area (Å²) in [6, 6.07) is 9.19. The van der Waals surface area contributed by atoms with Crippen LogP contribution in [0.2, 0.25) is 0 Å². The zero-order chi connectivity index (χ0) is 30.4. The summed E-state index contributed by atoms with van der Waals surface area (Å²) in [5.41, 5.74) is 13.6. The van der Waals surface area contributed by atoms with Crippen LogP contribution >= 0.6 is 0 Å². The van der Waals surface area contributed by atoms with E-state index in [1.54, 1.807) is 11.1 Å². The molecule has 0 aliphatic rings. The average Bonchev–Trinajstić information content (AvgIpc) is 2.97. The van der Waals surface area contributed by atoms with E-state index in [0.29, 0.717) is 12.8 Å². The van der Waals surface area contributed by atoms with Gasteiger partial charge in [0.15, 0.2) is 0 Å². The second kappa shape index (κ2) is 29.2. The van der Waals surface area contributed by atoms with Crippen molar-refractivity contribution in [3.05, 3.63) is 35.4 Å². The van der Waals surface area contributed by atoms with Gasteiger partial charge >= 0.3 is 0 Å². The molecule has 0 saturated heterocycles. The second-order valence-electron chi connectivity index (χ2n) is 12.9. The lowest BCUT2D eigenvalue weighted by atomic mass is 9.96. The molecule has 0 atom stereocenters. The fraction of sp³-hybridized carbons (Fsp3) is 0.789. The van der Waals surface area contributed by atoms with Crippen LogP contribution in [0.1, 0.15) is 191 Å². The van der Waals surface area contributed by atoms with Gasteiger partial charge in [-0.05, 0) is 49.7 Å². The topological polar surface area (TPSA) is 86.2 Å². The number of hydrogen-bond acceptors (Lipinski definition) is 2.